The van der Waals surface area contributed by atoms with Gasteiger partial charge in [-0.15, -0.1) is 0 Å². The molecule has 17 heavy (non-hydrogen) atoms. The van der Waals surface area contributed by atoms with Gasteiger partial charge in [-0.25, -0.2) is 4.79 Å². The van der Waals surface area contributed by atoms with E-state index in [1.807, 2.05) is 13.8 Å². The summed E-state index contributed by atoms with van der Waals surface area (Å²) in [4.78, 5) is 22.8. The molecule has 0 unspecified atom stereocenters. The predicted octanol–water partition coefficient (Wildman–Crippen LogP) is 2.44. The van der Waals surface area contributed by atoms with E-state index in [2.05, 4.69) is 10.1 Å². The minimum absolute atomic E-state index is 0.0398. The van der Waals surface area contributed by atoms with Crippen LogP contribution in [-0.4, -0.2) is 19.0 Å². The fraction of sp³-hybridized carbons (Fsp3) is 0.385. The monoisotopic (exact) mass is 235 g/mol. The Hall–Kier alpha value is -1.84. The number of hydrogen-bond donors (Lipinski definition) is 1. The van der Waals surface area contributed by atoms with Gasteiger partial charge in [-0.05, 0) is 37.1 Å². The summed E-state index contributed by atoms with van der Waals surface area (Å²) in [5.41, 5.74) is 2.97. The smallest absolute Gasteiger partial charge is 0.337 e. The minimum Gasteiger partial charge on any atom is -0.465 e. The van der Waals surface area contributed by atoms with Gasteiger partial charge in [-0.3, -0.25) is 4.79 Å². The van der Waals surface area contributed by atoms with Gasteiger partial charge in [-0.1, -0.05) is 6.92 Å². The average molecular weight is 235 g/mol. The van der Waals surface area contributed by atoms with Crippen molar-refractivity contribution in [3.8, 4) is 0 Å². The molecular formula is C13H17NO3. The van der Waals surface area contributed by atoms with Gasteiger partial charge in [0.2, 0.25) is 5.91 Å². The number of hydrogen-bond acceptors (Lipinski definition) is 3. The van der Waals surface area contributed by atoms with Crippen molar-refractivity contribution in [3.05, 3.63) is 28.8 Å². The number of carbonyl (C=O) groups is 2. The normalized spacial score (nSPS) is 9.88. The molecule has 1 rings (SSSR count). The molecule has 0 saturated carbocycles. The van der Waals surface area contributed by atoms with Gasteiger partial charge in [0.05, 0.1) is 12.7 Å². The summed E-state index contributed by atoms with van der Waals surface area (Å²) >= 11 is 0. The summed E-state index contributed by atoms with van der Waals surface area (Å²) in [6.07, 6.45) is 0.428. The molecule has 0 saturated heterocycles. The highest BCUT2D eigenvalue weighted by molar-refractivity contribution is 5.95. The highest BCUT2D eigenvalue weighted by Crippen LogP contribution is 2.22. The van der Waals surface area contributed by atoms with E-state index < -0.39 is 0 Å². The van der Waals surface area contributed by atoms with Crippen molar-refractivity contribution in [2.45, 2.75) is 27.2 Å². The zero-order chi connectivity index (χ0) is 13.0. The van der Waals surface area contributed by atoms with Crippen LogP contribution in [-0.2, 0) is 9.53 Å². The highest BCUT2D eigenvalue weighted by atomic mass is 16.5. The summed E-state index contributed by atoms with van der Waals surface area (Å²) in [5, 5.41) is 2.82. The molecule has 0 aliphatic carbocycles. The maximum absolute atomic E-state index is 11.4. The van der Waals surface area contributed by atoms with Crippen molar-refractivity contribution in [1.82, 2.24) is 0 Å². The van der Waals surface area contributed by atoms with Gasteiger partial charge in [0.1, 0.15) is 0 Å². The Morgan fingerprint density at radius 3 is 2.18 bits per heavy atom. The molecular weight excluding hydrogens is 218 g/mol. The summed E-state index contributed by atoms with van der Waals surface area (Å²) in [5.74, 6) is -0.411. The summed E-state index contributed by atoms with van der Waals surface area (Å²) in [6.45, 7) is 5.50. The van der Waals surface area contributed by atoms with E-state index in [1.54, 1.807) is 19.1 Å². The van der Waals surface area contributed by atoms with Crippen LogP contribution in [0.15, 0.2) is 12.1 Å². The third-order valence-corrected chi connectivity index (χ3v) is 2.54. The van der Waals surface area contributed by atoms with Crippen molar-refractivity contribution < 1.29 is 14.3 Å². The molecule has 0 fully saturated rings. The first kappa shape index (κ1) is 13.2. The van der Waals surface area contributed by atoms with Crippen LogP contribution in [0, 0.1) is 13.8 Å². The lowest BCUT2D eigenvalue weighted by Gasteiger charge is -2.12. The topological polar surface area (TPSA) is 55.4 Å². The minimum atomic E-state index is -0.371. The number of rotatable bonds is 3. The first-order valence-electron chi connectivity index (χ1n) is 5.49. The molecule has 1 N–H and O–H groups in total. The molecule has 0 aliphatic rings. The van der Waals surface area contributed by atoms with Crippen LogP contribution in [0.1, 0.15) is 34.8 Å². The molecule has 0 bridgehead atoms. The summed E-state index contributed by atoms with van der Waals surface area (Å²) in [6, 6.07) is 3.42. The largest absolute Gasteiger partial charge is 0.465 e. The lowest BCUT2D eigenvalue weighted by atomic mass is 10.0. The van der Waals surface area contributed by atoms with Crippen LogP contribution < -0.4 is 5.32 Å². The van der Waals surface area contributed by atoms with Gasteiger partial charge in [0.25, 0.3) is 0 Å². The lowest BCUT2D eigenvalue weighted by molar-refractivity contribution is -0.115. The first-order valence-corrected chi connectivity index (χ1v) is 5.49. The molecule has 1 aromatic carbocycles. The van der Waals surface area contributed by atoms with E-state index in [9.17, 15) is 9.59 Å². The predicted molar refractivity (Wildman–Crippen MR) is 66.2 cm³/mol. The van der Waals surface area contributed by atoms with Crippen molar-refractivity contribution in [3.63, 3.8) is 0 Å². The Morgan fingerprint density at radius 1 is 1.24 bits per heavy atom. The number of esters is 1. The average Bonchev–Trinajstić information content (AvgIpc) is 2.32. The third-order valence-electron chi connectivity index (χ3n) is 2.54. The van der Waals surface area contributed by atoms with Crippen LogP contribution >= 0.6 is 0 Å². The van der Waals surface area contributed by atoms with Crippen LogP contribution in [0.2, 0.25) is 0 Å². The number of benzene rings is 1. The second-order valence-corrected chi connectivity index (χ2v) is 3.88. The maximum Gasteiger partial charge on any atom is 0.337 e. The first-order chi connectivity index (χ1) is 7.99. The van der Waals surface area contributed by atoms with Crippen LogP contribution in [0.4, 0.5) is 5.69 Å². The number of anilines is 1. The van der Waals surface area contributed by atoms with Gasteiger partial charge < -0.3 is 10.1 Å². The van der Waals surface area contributed by atoms with E-state index in [1.165, 1.54) is 7.11 Å². The second kappa shape index (κ2) is 5.48. The van der Waals surface area contributed by atoms with Crippen molar-refractivity contribution in [1.29, 1.82) is 0 Å². The van der Waals surface area contributed by atoms with Crippen LogP contribution in [0.5, 0.6) is 0 Å². The standard InChI is InChI=1S/C13H17NO3/c1-5-11(15)14-12-8(2)6-10(7-9(12)3)13(16)17-4/h6-7H,5H2,1-4H3,(H,14,15). The zero-order valence-corrected chi connectivity index (χ0v) is 10.6. The highest BCUT2D eigenvalue weighted by Gasteiger charge is 2.12. The lowest BCUT2D eigenvalue weighted by Crippen LogP contribution is -2.13. The van der Waals surface area contributed by atoms with Crippen molar-refractivity contribution >= 4 is 17.6 Å². The van der Waals surface area contributed by atoms with Crippen LogP contribution in [0.25, 0.3) is 0 Å². The third kappa shape index (κ3) is 3.06. The number of nitrogens with one attached hydrogen (secondary N) is 1. The molecule has 0 radical (unpaired) electrons. The van der Waals surface area contributed by atoms with Gasteiger partial charge >= 0.3 is 5.97 Å². The molecule has 0 aliphatic heterocycles. The Bertz CT molecular complexity index is 429. The SMILES string of the molecule is CCC(=O)Nc1c(C)cc(C(=O)OC)cc1C. The number of ether oxygens (including phenoxy) is 1. The Morgan fingerprint density at radius 2 is 1.76 bits per heavy atom. The second-order valence-electron chi connectivity index (χ2n) is 3.88. The van der Waals surface area contributed by atoms with E-state index >= 15 is 0 Å². The molecule has 0 aromatic heterocycles. The fourth-order valence-corrected chi connectivity index (χ4v) is 1.62. The Kier molecular flexibility index (Phi) is 4.26. The fourth-order valence-electron chi connectivity index (χ4n) is 1.62. The maximum atomic E-state index is 11.4. The number of carbonyl (C=O) groups excluding carboxylic acids is 2. The Balaban J connectivity index is 3.10. The van der Waals surface area contributed by atoms with Gasteiger partial charge in [0.15, 0.2) is 0 Å². The van der Waals surface area contributed by atoms with E-state index in [0.717, 1.165) is 16.8 Å². The molecule has 92 valence electrons. The van der Waals surface area contributed by atoms with Gasteiger partial charge in [0, 0.05) is 12.1 Å². The zero-order valence-electron chi connectivity index (χ0n) is 10.6. The van der Waals surface area contributed by atoms with E-state index in [-0.39, 0.29) is 11.9 Å². The summed E-state index contributed by atoms with van der Waals surface area (Å²) < 4.78 is 4.66. The molecule has 0 spiro atoms. The molecule has 4 heteroatoms. The quantitative estimate of drug-likeness (QED) is 0.819. The molecule has 4 nitrogen and oxygen atoms in total. The molecule has 0 atom stereocenters. The van der Waals surface area contributed by atoms with E-state index in [4.69, 9.17) is 0 Å². The Labute approximate surface area is 101 Å². The number of aryl methyl sites for hydroxylation is 2. The van der Waals surface area contributed by atoms with Crippen molar-refractivity contribution in [2.24, 2.45) is 0 Å². The summed E-state index contributed by atoms with van der Waals surface area (Å²) in [7, 11) is 1.35. The van der Waals surface area contributed by atoms with Gasteiger partial charge in [-0.2, -0.15) is 0 Å². The molecule has 1 amide bonds. The number of amides is 1. The van der Waals surface area contributed by atoms with Crippen LogP contribution in [0.3, 0.4) is 0 Å². The molecule has 1 aromatic rings. The molecule has 0 heterocycles. The van der Waals surface area contributed by atoms with Crippen molar-refractivity contribution in [2.75, 3.05) is 12.4 Å². The van der Waals surface area contributed by atoms with E-state index in [0.29, 0.717) is 12.0 Å². The number of methoxy groups -OCH3 is 1.